The zero-order chi connectivity index (χ0) is 18.7. The number of hydrogen-bond donors (Lipinski definition) is 3. The molecule has 1 heterocycles. The number of carbonyl (C=O) groups excluding carboxylic acids is 1. The van der Waals surface area contributed by atoms with Crippen molar-refractivity contribution in [3.05, 3.63) is 70.6 Å². The number of guanidine groups is 1. The number of nitrogens with two attached hydrogens (primary N) is 1. The summed E-state index contributed by atoms with van der Waals surface area (Å²) in [4.78, 5) is 25.5. The average Bonchev–Trinajstić information content (AvgIpc) is 2.62. The number of amides is 1. The number of hydrogen-bond acceptors (Lipinski definition) is 4. The average molecular weight is 405 g/mol. The first-order valence-electron chi connectivity index (χ1n) is 8.05. The van der Waals surface area contributed by atoms with E-state index in [4.69, 9.17) is 15.9 Å². The Bertz CT molecular complexity index is 1070. The highest BCUT2D eigenvalue weighted by Gasteiger charge is 2.17. The summed E-state index contributed by atoms with van der Waals surface area (Å²) in [5, 5.41) is 10.4. The summed E-state index contributed by atoms with van der Waals surface area (Å²) < 4.78 is 6.99. The number of para-hydroxylation sites is 2. The van der Waals surface area contributed by atoms with Crippen molar-refractivity contribution in [1.29, 1.82) is 5.41 Å². The van der Waals surface area contributed by atoms with Gasteiger partial charge < -0.3 is 15.9 Å². The van der Waals surface area contributed by atoms with Crippen molar-refractivity contribution in [2.45, 2.75) is 6.92 Å². The fourth-order valence-electron chi connectivity index (χ4n) is 2.77. The predicted octanol–water partition coefficient (Wildman–Crippen LogP) is 1.61. The Hall–Kier alpha value is -3.36. The standard InChI is InChI=1S/C19H18N4O3.ClH.H2O/c1-2-26-16-10-6-5-9-15(16)23-11-14(17(24)22-19(20)21)12-7-3-4-8-13(12)18(23)25;;/h3-11H,2H2,1H3,(H4,20,21,22,24);1H;1H2. The van der Waals surface area contributed by atoms with Crippen LogP contribution in [0.1, 0.15) is 17.3 Å². The smallest absolute Gasteiger partial charge is 0.263 e. The summed E-state index contributed by atoms with van der Waals surface area (Å²) in [5.74, 6) is -0.492. The number of fused-ring (bicyclic) bond motifs is 1. The molecular weight excluding hydrogens is 384 g/mol. The van der Waals surface area contributed by atoms with Crippen LogP contribution in [0.5, 0.6) is 5.75 Å². The molecule has 3 rings (SSSR count). The summed E-state index contributed by atoms with van der Waals surface area (Å²) in [6.07, 6.45) is 1.45. The zero-order valence-corrected chi connectivity index (χ0v) is 15.9. The molecular formula is C19H21ClN4O4. The van der Waals surface area contributed by atoms with Gasteiger partial charge in [0.2, 0.25) is 0 Å². The minimum atomic E-state index is -0.559. The summed E-state index contributed by atoms with van der Waals surface area (Å²) in [5.41, 5.74) is 5.78. The van der Waals surface area contributed by atoms with Crippen molar-refractivity contribution < 1.29 is 15.0 Å². The first-order valence-corrected chi connectivity index (χ1v) is 8.05. The number of nitrogens with one attached hydrogen (secondary N) is 2. The SMILES string of the molecule is CCOc1ccccc1-n1cc(C(=O)NC(=N)N)c2ccccc2c1=O.Cl.O. The fraction of sp³-hybridized carbons (Fsp3) is 0.105. The van der Waals surface area contributed by atoms with Gasteiger partial charge in [-0.3, -0.25) is 24.9 Å². The molecule has 0 bridgehead atoms. The highest BCUT2D eigenvalue weighted by molar-refractivity contribution is 6.11. The highest BCUT2D eigenvalue weighted by atomic mass is 35.5. The molecule has 28 heavy (non-hydrogen) atoms. The summed E-state index contributed by atoms with van der Waals surface area (Å²) in [6, 6.07) is 13.9. The third-order valence-electron chi connectivity index (χ3n) is 3.84. The maximum absolute atomic E-state index is 13.0. The molecule has 2 aromatic carbocycles. The van der Waals surface area contributed by atoms with Crippen molar-refractivity contribution in [3.8, 4) is 11.4 Å². The molecule has 0 saturated carbocycles. The topological polar surface area (TPSA) is 142 Å². The number of carbonyl (C=O) groups is 1. The molecule has 0 aliphatic rings. The van der Waals surface area contributed by atoms with E-state index in [0.29, 0.717) is 28.8 Å². The first kappa shape index (κ1) is 22.7. The number of rotatable bonds is 4. The summed E-state index contributed by atoms with van der Waals surface area (Å²) >= 11 is 0. The summed E-state index contributed by atoms with van der Waals surface area (Å²) in [7, 11) is 0. The molecule has 0 unspecified atom stereocenters. The van der Waals surface area contributed by atoms with Crippen LogP contribution in [0.15, 0.2) is 59.5 Å². The van der Waals surface area contributed by atoms with Gasteiger partial charge in [-0.2, -0.15) is 0 Å². The second-order valence-electron chi connectivity index (χ2n) is 5.53. The van der Waals surface area contributed by atoms with Gasteiger partial charge in [0.15, 0.2) is 5.96 Å². The van der Waals surface area contributed by atoms with Gasteiger partial charge in [0, 0.05) is 17.0 Å². The normalized spacial score (nSPS) is 9.75. The van der Waals surface area contributed by atoms with Crippen LogP contribution in [-0.2, 0) is 0 Å². The minimum Gasteiger partial charge on any atom is -0.492 e. The van der Waals surface area contributed by atoms with E-state index >= 15 is 0 Å². The molecule has 0 radical (unpaired) electrons. The monoisotopic (exact) mass is 404 g/mol. The Kier molecular flexibility index (Phi) is 7.73. The molecule has 6 N–H and O–H groups in total. The molecule has 3 aromatic rings. The highest BCUT2D eigenvalue weighted by Crippen LogP contribution is 2.24. The van der Waals surface area contributed by atoms with Gasteiger partial charge in [-0.15, -0.1) is 12.4 Å². The van der Waals surface area contributed by atoms with Crippen molar-refractivity contribution in [2.75, 3.05) is 6.61 Å². The van der Waals surface area contributed by atoms with Crippen LogP contribution < -0.4 is 21.3 Å². The van der Waals surface area contributed by atoms with Gasteiger partial charge in [0.25, 0.3) is 11.5 Å². The molecule has 148 valence electrons. The largest absolute Gasteiger partial charge is 0.492 e. The maximum Gasteiger partial charge on any atom is 0.263 e. The van der Waals surface area contributed by atoms with Crippen LogP contribution in [-0.4, -0.2) is 28.5 Å². The van der Waals surface area contributed by atoms with Gasteiger partial charge in [0.1, 0.15) is 5.75 Å². The number of ether oxygens (including phenoxy) is 1. The van der Waals surface area contributed by atoms with E-state index in [-0.39, 0.29) is 29.0 Å². The van der Waals surface area contributed by atoms with E-state index in [1.54, 1.807) is 42.5 Å². The Balaban J connectivity index is 0.00000196. The third kappa shape index (κ3) is 4.30. The van der Waals surface area contributed by atoms with Crippen LogP contribution in [0.3, 0.4) is 0 Å². The minimum absolute atomic E-state index is 0. The van der Waals surface area contributed by atoms with Crippen LogP contribution in [0, 0.1) is 5.41 Å². The van der Waals surface area contributed by atoms with E-state index in [1.165, 1.54) is 10.8 Å². The molecule has 9 heteroatoms. The Morgan fingerprint density at radius 2 is 1.75 bits per heavy atom. The van der Waals surface area contributed by atoms with E-state index in [9.17, 15) is 9.59 Å². The molecule has 0 aliphatic heterocycles. The van der Waals surface area contributed by atoms with E-state index in [0.717, 1.165) is 0 Å². The van der Waals surface area contributed by atoms with Gasteiger partial charge in [-0.25, -0.2) is 0 Å². The zero-order valence-electron chi connectivity index (χ0n) is 15.1. The predicted molar refractivity (Wildman–Crippen MR) is 111 cm³/mol. The number of pyridine rings is 1. The van der Waals surface area contributed by atoms with Crippen LogP contribution in [0.4, 0.5) is 0 Å². The van der Waals surface area contributed by atoms with Gasteiger partial charge in [-0.05, 0) is 25.1 Å². The molecule has 0 aliphatic carbocycles. The molecule has 1 amide bonds. The lowest BCUT2D eigenvalue weighted by Crippen LogP contribution is -2.36. The number of halogens is 1. The van der Waals surface area contributed by atoms with Crippen molar-refractivity contribution in [2.24, 2.45) is 5.73 Å². The fourth-order valence-corrected chi connectivity index (χ4v) is 2.77. The van der Waals surface area contributed by atoms with E-state index in [1.807, 2.05) is 13.0 Å². The van der Waals surface area contributed by atoms with Gasteiger partial charge >= 0.3 is 0 Å². The van der Waals surface area contributed by atoms with E-state index in [2.05, 4.69) is 5.32 Å². The molecule has 8 nitrogen and oxygen atoms in total. The van der Waals surface area contributed by atoms with Gasteiger partial charge in [0.05, 0.1) is 17.9 Å². The Morgan fingerprint density at radius 3 is 2.39 bits per heavy atom. The van der Waals surface area contributed by atoms with Crippen LogP contribution in [0.25, 0.3) is 16.5 Å². The Morgan fingerprint density at radius 1 is 1.14 bits per heavy atom. The van der Waals surface area contributed by atoms with E-state index < -0.39 is 11.9 Å². The molecule has 0 spiro atoms. The number of nitrogens with zero attached hydrogens (tertiary/aromatic N) is 1. The third-order valence-corrected chi connectivity index (χ3v) is 3.84. The van der Waals surface area contributed by atoms with Crippen molar-refractivity contribution >= 4 is 35.0 Å². The van der Waals surface area contributed by atoms with Crippen LogP contribution in [0.2, 0.25) is 0 Å². The number of aromatic nitrogens is 1. The van der Waals surface area contributed by atoms with Crippen molar-refractivity contribution in [3.63, 3.8) is 0 Å². The number of benzene rings is 2. The molecule has 0 atom stereocenters. The Labute approximate surface area is 167 Å². The second kappa shape index (κ2) is 9.54. The lowest BCUT2D eigenvalue weighted by atomic mass is 10.1. The molecule has 0 saturated heterocycles. The lowest BCUT2D eigenvalue weighted by Gasteiger charge is -2.15. The second-order valence-corrected chi connectivity index (χ2v) is 5.53. The van der Waals surface area contributed by atoms with Crippen molar-refractivity contribution in [1.82, 2.24) is 9.88 Å². The molecule has 0 fully saturated rings. The lowest BCUT2D eigenvalue weighted by molar-refractivity contribution is 0.0977. The van der Waals surface area contributed by atoms with Gasteiger partial charge in [-0.1, -0.05) is 30.3 Å². The van der Waals surface area contributed by atoms with Crippen LogP contribution >= 0.6 is 12.4 Å². The summed E-state index contributed by atoms with van der Waals surface area (Å²) in [6.45, 7) is 2.29. The maximum atomic E-state index is 13.0. The molecule has 1 aromatic heterocycles. The first-order chi connectivity index (χ1) is 12.5. The quantitative estimate of drug-likeness (QED) is 0.448.